The highest BCUT2D eigenvalue weighted by atomic mass is 35.5. The summed E-state index contributed by atoms with van der Waals surface area (Å²) in [6.07, 6.45) is 0.243. The zero-order valence-corrected chi connectivity index (χ0v) is 10.3. The van der Waals surface area contributed by atoms with Crippen molar-refractivity contribution in [3.05, 3.63) is 38.4 Å². The van der Waals surface area contributed by atoms with Gasteiger partial charge in [-0.25, -0.2) is 0 Å². The molecule has 0 aliphatic heterocycles. The first-order valence-corrected chi connectivity index (χ1v) is 5.45. The van der Waals surface area contributed by atoms with E-state index in [-0.39, 0.29) is 29.2 Å². The normalized spacial score (nSPS) is 9.89. The smallest absolute Gasteiger partial charge is 0.310 e. The molecule has 0 N–H and O–H groups in total. The van der Waals surface area contributed by atoms with Gasteiger partial charge in [-0.3, -0.25) is 19.7 Å². The molecule has 0 spiro atoms. The van der Waals surface area contributed by atoms with Crippen LogP contribution in [0.2, 0.25) is 5.02 Å². The van der Waals surface area contributed by atoms with E-state index in [2.05, 4.69) is 0 Å². The number of rotatable bonds is 5. The number of benzene rings is 1. The molecule has 1 rings (SSSR count). The van der Waals surface area contributed by atoms with Crippen LogP contribution in [0.15, 0.2) is 12.1 Å². The summed E-state index contributed by atoms with van der Waals surface area (Å²) in [6, 6.07) is 2.39. The number of nitro groups is 1. The van der Waals surface area contributed by atoms with Gasteiger partial charge in [0.25, 0.3) is 5.69 Å². The third-order valence-corrected chi connectivity index (χ3v) is 2.56. The molecule has 0 fully saturated rings. The summed E-state index contributed by atoms with van der Waals surface area (Å²) in [5.41, 5.74) is -0.114. The van der Waals surface area contributed by atoms with Crippen molar-refractivity contribution in [2.24, 2.45) is 0 Å². The highest BCUT2D eigenvalue weighted by Gasteiger charge is 2.19. The molecule has 0 radical (unpaired) electrons. The zero-order valence-electron chi connectivity index (χ0n) is 9.51. The van der Waals surface area contributed by atoms with Crippen molar-refractivity contribution in [2.45, 2.75) is 13.3 Å². The second-order valence-corrected chi connectivity index (χ2v) is 3.75. The minimum Gasteiger partial charge on any atom is -0.466 e. The maximum Gasteiger partial charge on any atom is 0.310 e. The molecule has 0 aliphatic rings. The largest absolute Gasteiger partial charge is 0.466 e. The molecule has 0 atom stereocenters. The number of aldehydes is 1. The number of esters is 1. The first-order valence-electron chi connectivity index (χ1n) is 5.07. The lowest BCUT2D eigenvalue weighted by molar-refractivity contribution is -0.384. The minimum absolute atomic E-state index is 0.0883. The average molecular weight is 272 g/mol. The van der Waals surface area contributed by atoms with Gasteiger partial charge in [0.05, 0.1) is 18.0 Å². The number of nitrogens with zero attached hydrogens (tertiary/aromatic N) is 1. The molecule has 0 saturated carbocycles. The number of carbonyl (C=O) groups is 2. The molecule has 6 nitrogen and oxygen atoms in total. The van der Waals surface area contributed by atoms with E-state index in [1.165, 1.54) is 6.07 Å². The van der Waals surface area contributed by atoms with Gasteiger partial charge >= 0.3 is 5.97 Å². The van der Waals surface area contributed by atoms with Crippen LogP contribution in [0.25, 0.3) is 0 Å². The molecule has 0 unspecified atom stereocenters. The van der Waals surface area contributed by atoms with E-state index in [1.807, 2.05) is 0 Å². The van der Waals surface area contributed by atoms with Crippen LogP contribution in [0.5, 0.6) is 0 Å². The Morgan fingerprint density at radius 1 is 1.56 bits per heavy atom. The topological polar surface area (TPSA) is 86.5 Å². The lowest BCUT2D eigenvalue weighted by Crippen LogP contribution is -2.09. The molecule has 1 aromatic rings. The first-order chi connectivity index (χ1) is 8.49. The van der Waals surface area contributed by atoms with E-state index in [9.17, 15) is 19.7 Å². The fourth-order valence-corrected chi connectivity index (χ4v) is 1.63. The number of ether oxygens (including phenoxy) is 1. The molecule has 0 aromatic heterocycles. The SMILES string of the molecule is CCOC(=O)Cc1cc(C=O)cc([N+](=O)[O-])c1Cl. The third-order valence-electron chi connectivity index (χ3n) is 2.12. The molecular formula is C11H10ClNO5. The lowest BCUT2D eigenvalue weighted by Gasteiger charge is -2.06. The number of nitro benzene ring substituents is 1. The molecular weight excluding hydrogens is 262 g/mol. The highest BCUT2D eigenvalue weighted by molar-refractivity contribution is 6.33. The van der Waals surface area contributed by atoms with Crippen LogP contribution in [0.3, 0.4) is 0 Å². The fraction of sp³-hybridized carbons (Fsp3) is 0.273. The highest BCUT2D eigenvalue weighted by Crippen LogP contribution is 2.29. The fourth-order valence-electron chi connectivity index (χ4n) is 1.39. The van der Waals surface area contributed by atoms with Crippen LogP contribution in [-0.4, -0.2) is 23.8 Å². The molecule has 0 heterocycles. The van der Waals surface area contributed by atoms with Gasteiger partial charge in [0.2, 0.25) is 0 Å². The summed E-state index contributed by atoms with van der Waals surface area (Å²) in [4.78, 5) is 32.0. The number of carbonyl (C=O) groups excluding carboxylic acids is 2. The number of hydrogen-bond acceptors (Lipinski definition) is 5. The van der Waals surface area contributed by atoms with Crippen LogP contribution in [0.4, 0.5) is 5.69 Å². The molecule has 0 bridgehead atoms. The van der Waals surface area contributed by atoms with Crippen molar-refractivity contribution in [3.8, 4) is 0 Å². The van der Waals surface area contributed by atoms with Gasteiger partial charge in [-0.2, -0.15) is 0 Å². The summed E-state index contributed by atoms with van der Waals surface area (Å²) >= 11 is 5.81. The Bertz CT molecular complexity index is 500. The van der Waals surface area contributed by atoms with E-state index < -0.39 is 16.6 Å². The van der Waals surface area contributed by atoms with Crippen LogP contribution < -0.4 is 0 Å². The van der Waals surface area contributed by atoms with Crippen LogP contribution >= 0.6 is 11.6 Å². The van der Waals surface area contributed by atoms with Crippen molar-refractivity contribution in [1.82, 2.24) is 0 Å². The van der Waals surface area contributed by atoms with Crippen LogP contribution in [-0.2, 0) is 16.0 Å². The minimum atomic E-state index is -0.704. The molecule has 1 aromatic carbocycles. The molecule has 18 heavy (non-hydrogen) atoms. The van der Waals surface area contributed by atoms with Gasteiger partial charge < -0.3 is 4.74 Å². The number of halogens is 1. The Labute approximate surface area is 108 Å². The first kappa shape index (κ1) is 14.1. The van der Waals surface area contributed by atoms with Gasteiger partial charge in [-0.1, -0.05) is 11.6 Å². The van der Waals surface area contributed by atoms with E-state index in [4.69, 9.17) is 16.3 Å². The Hall–Kier alpha value is -1.95. The van der Waals surface area contributed by atoms with Crippen molar-refractivity contribution >= 4 is 29.5 Å². The van der Waals surface area contributed by atoms with Gasteiger partial charge in [0, 0.05) is 11.6 Å². The predicted molar refractivity (Wildman–Crippen MR) is 63.8 cm³/mol. The molecule has 0 aliphatic carbocycles. The quantitative estimate of drug-likeness (QED) is 0.354. The molecule has 96 valence electrons. The summed E-state index contributed by atoms with van der Waals surface area (Å²) < 4.78 is 4.72. The monoisotopic (exact) mass is 271 g/mol. The third kappa shape index (κ3) is 3.27. The second kappa shape index (κ2) is 6.11. The maximum absolute atomic E-state index is 11.3. The molecule has 0 saturated heterocycles. The van der Waals surface area contributed by atoms with Gasteiger partial charge in [0.1, 0.15) is 11.3 Å². The summed E-state index contributed by atoms with van der Waals surface area (Å²) in [7, 11) is 0. The summed E-state index contributed by atoms with van der Waals surface area (Å²) in [5, 5.41) is 10.6. The van der Waals surface area contributed by atoms with Crippen molar-refractivity contribution in [3.63, 3.8) is 0 Å². The predicted octanol–water partition coefficient (Wildman–Crippen LogP) is 2.17. The van der Waals surface area contributed by atoms with E-state index >= 15 is 0 Å². The summed E-state index contributed by atoms with van der Waals surface area (Å²) in [5.74, 6) is -0.559. The average Bonchev–Trinajstić information content (AvgIpc) is 2.31. The Balaban J connectivity index is 3.17. The van der Waals surface area contributed by atoms with Crippen molar-refractivity contribution < 1.29 is 19.2 Å². The van der Waals surface area contributed by atoms with Gasteiger partial charge in [-0.05, 0) is 18.6 Å². The summed E-state index contributed by atoms with van der Waals surface area (Å²) in [6.45, 7) is 1.84. The van der Waals surface area contributed by atoms with Gasteiger partial charge in [0.15, 0.2) is 0 Å². The van der Waals surface area contributed by atoms with Crippen LogP contribution in [0, 0.1) is 10.1 Å². The standard InChI is InChI=1S/C11H10ClNO5/c1-2-18-10(15)5-8-3-7(6-14)4-9(11(8)12)13(16)17/h3-4,6H,2,5H2,1H3. The molecule has 0 amide bonds. The number of hydrogen-bond donors (Lipinski definition) is 0. The van der Waals surface area contributed by atoms with E-state index in [0.717, 1.165) is 6.07 Å². The Morgan fingerprint density at radius 2 is 2.22 bits per heavy atom. The van der Waals surface area contributed by atoms with Crippen LogP contribution in [0.1, 0.15) is 22.8 Å². The zero-order chi connectivity index (χ0) is 13.7. The lowest BCUT2D eigenvalue weighted by atomic mass is 10.1. The van der Waals surface area contributed by atoms with E-state index in [1.54, 1.807) is 6.92 Å². The second-order valence-electron chi connectivity index (χ2n) is 3.37. The Kier molecular flexibility index (Phi) is 4.79. The maximum atomic E-state index is 11.3. The molecule has 7 heteroatoms. The van der Waals surface area contributed by atoms with Crippen molar-refractivity contribution in [2.75, 3.05) is 6.61 Å². The Morgan fingerprint density at radius 3 is 2.72 bits per heavy atom. The van der Waals surface area contributed by atoms with E-state index in [0.29, 0.717) is 6.29 Å². The van der Waals surface area contributed by atoms with Crippen molar-refractivity contribution in [1.29, 1.82) is 0 Å². The van der Waals surface area contributed by atoms with Gasteiger partial charge in [-0.15, -0.1) is 0 Å².